The van der Waals surface area contributed by atoms with E-state index >= 15 is 0 Å². The lowest BCUT2D eigenvalue weighted by molar-refractivity contribution is 0.628. The summed E-state index contributed by atoms with van der Waals surface area (Å²) in [7, 11) is 0. The second-order valence-electron chi connectivity index (χ2n) is 12.7. The van der Waals surface area contributed by atoms with Crippen LogP contribution in [0.4, 0.5) is 17.1 Å². The summed E-state index contributed by atoms with van der Waals surface area (Å²) >= 11 is 0. The molecule has 0 radical (unpaired) electrons. The van der Waals surface area contributed by atoms with Crippen molar-refractivity contribution >= 4 is 28.7 Å². The normalized spacial score (nSPS) is 18.5. The molecule has 2 atom stereocenters. The molecule has 3 aromatic carbocycles. The number of fused-ring (bicyclic) bond motifs is 1. The van der Waals surface area contributed by atoms with Gasteiger partial charge in [0.2, 0.25) is 0 Å². The topological polar surface area (TPSA) is 88.1 Å². The van der Waals surface area contributed by atoms with E-state index in [0.717, 1.165) is 67.0 Å². The Kier molecular flexibility index (Phi) is 10.1. The van der Waals surface area contributed by atoms with Crippen molar-refractivity contribution in [2.75, 3.05) is 29.9 Å². The Morgan fingerprint density at radius 2 is 1.83 bits per heavy atom. The van der Waals surface area contributed by atoms with Gasteiger partial charge in [-0.1, -0.05) is 110 Å². The Bertz CT molecular complexity index is 1800. The van der Waals surface area contributed by atoms with Crippen LogP contribution >= 0.6 is 0 Å². The van der Waals surface area contributed by atoms with Gasteiger partial charge < -0.3 is 27.4 Å². The summed E-state index contributed by atoms with van der Waals surface area (Å²) in [5, 5.41) is 10.9. The smallest absolute Gasteiger partial charge is 0.0851 e. The van der Waals surface area contributed by atoms with Crippen LogP contribution in [-0.4, -0.2) is 19.1 Å². The van der Waals surface area contributed by atoms with Crippen LogP contribution in [0, 0.1) is 5.92 Å². The van der Waals surface area contributed by atoms with Crippen molar-refractivity contribution in [1.82, 2.24) is 10.6 Å². The molecule has 0 fully saturated rings. The van der Waals surface area contributed by atoms with Crippen LogP contribution in [0.2, 0.25) is 0 Å². The molecule has 3 aromatic rings. The molecule has 2 unspecified atom stereocenters. The van der Waals surface area contributed by atoms with E-state index in [0.29, 0.717) is 0 Å². The van der Waals surface area contributed by atoms with Gasteiger partial charge in [-0.25, -0.2) is 0 Å². The number of nitrogen functional groups attached to an aromatic ring is 2. The minimum absolute atomic E-state index is 0.0784. The maximum absolute atomic E-state index is 6.73. The number of aryl methyl sites for hydroxylation is 1. The number of dihydropyridines is 2. The summed E-state index contributed by atoms with van der Waals surface area (Å²) in [6.07, 6.45) is 25.6. The first-order chi connectivity index (χ1) is 23.0. The van der Waals surface area contributed by atoms with Crippen LogP contribution in [0.5, 0.6) is 0 Å². The van der Waals surface area contributed by atoms with Gasteiger partial charge in [-0.2, -0.15) is 0 Å². The Morgan fingerprint density at radius 1 is 0.979 bits per heavy atom. The predicted molar refractivity (Wildman–Crippen MR) is 202 cm³/mol. The first-order valence-electron chi connectivity index (χ1n) is 16.9. The molecule has 0 aliphatic carbocycles. The van der Waals surface area contributed by atoms with Gasteiger partial charge in [0, 0.05) is 36.1 Å². The quantitative estimate of drug-likeness (QED) is 0.117. The fraction of sp³-hybridized carbons (Fsp3) is 0.238. The average molecular weight is 622 g/mol. The maximum atomic E-state index is 6.73. The van der Waals surface area contributed by atoms with Crippen molar-refractivity contribution in [2.45, 2.75) is 45.6 Å². The molecule has 0 spiro atoms. The molecule has 47 heavy (non-hydrogen) atoms. The summed E-state index contributed by atoms with van der Waals surface area (Å²) < 4.78 is 0. The van der Waals surface area contributed by atoms with E-state index in [1.165, 1.54) is 39.2 Å². The fourth-order valence-corrected chi connectivity index (χ4v) is 6.52. The summed E-state index contributed by atoms with van der Waals surface area (Å²) in [6, 6.07) is 21.7. The maximum Gasteiger partial charge on any atom is 0.0851 e. The second-order valence-corrected chi connectivity index (χ2v) is 12.7. The number of nitrogens with one attached hydrogen (secondary N) is 3. The molecule has 5 heteroatoms. The molecular weight excluding hydrogens is 574 g/mol. The molecule has 0 bridgehead atoms. The highest BCUT2D eigenvalue weighted by Crippen LogP contribution is 2.34. The molecule has 3 aliphatic heterocycles. The van der Waals surface area contributed by atoms with Crippen LogP contribution < -0.4 is 27.4 Å². The lowest BCUT2D eigenvalue weighted by atomic mass is 9.91. The van der Waals surface area contributed by atoms with Gasteiger partial charge in [-0.05, 0) is 90.3 Å². The monoisotopic (exact) mass is 621 g/mol. The molecule has 0 amide bonds. The molecule has 3 heterocycles. The number of benzene rings is 3. The SMILES string of the molecule is C/C=C\C=C/C(C)C1=CC(c2ccc(C/C(=C/c3ccc4c(c3N)NCCC4)Cc3ccccc3N)cc2)=CC(C2=CC=CCN2)N1. The molecule has 0 saturated carbocycles. The van der Waals surface area contributed by atoms with Gasteiger partial charge in [-0.3, -0.25) is 0 Å². The molecule has 0 saturated heterocycles. The number of anilines is 3. The average Bonchev–Trinajstić information content (AvgIpc) is 3.11. The van der Waals surface area contributed by atoms with Crippen LogP contribution in [0.15, 0.2) is 132 Å². The molecule has 5 nitrogen and oxygen atoms in total. The first kappa shape index (κ1) is 31.8. The van der Waals surface area contributed by atoms with Gasteiger partial charge in [0.05, 0.1) is 17.4 Å². The third-order valence-electron chi connectivity index (χ3n) is 9.19. The number of nitrogens with two attached hydrogens (primary N) is 2. The van der Waals surface area contributed by atoms with E-state index in [9.17, 15) is 0 Å². The molecule has 3 aliphatic rings. The zero-order chi connectivity index (χ0) is 32.6. The molecular formula is C42H47N5. The third-order valence-corrected chi connectivity index (χ3v) is 9.19. The number of allylic oxidation sites excluding steroid dienone is 9. The zero-order valence-corrected chi connectivity index (χ0v) is 27.6. The molecule has 6 rings (SSSR count). The van der Waals surface area contributed by atoms with Gasteiger partial charge in [0.25, 0.3) is 0 Å². The lowest BCUT2D eigenvalue weighted by Gasteiger charge is -2.30. The minimum atomic E-state index is 0.0784. The summed E-state index contributed by atoms with van der Waals surface area (Å²) in [5.74, 6) is 0.251. The molecule has 240 valence electrons. The fourth-order valence-electron chi connectivity index (χ4n) is 6.52. The minimum Gasteiger partial charge on any atom is -0.398 e. The van der Waals surface area contributed by atoms with Crippen LogP contribution in [0.1, 0.15) is 48.1 Å². The van der Waals surface area contributed by atoms with Crippen molar-refractivity contribution in [1.29, 1.82) is 0 Å². The van der Waals surface area contributed by atoms with Crippen molar-refractivity contribution < 1.29 is 0 Å². The van der Waals surface area contributed by atoms with Crippen LogP contribution in [-0.2, 0) is 19.3 Å². The summed E-state index contributed by atoms with van der Waals surface area (Å²) in [4.78, 5) is 0. The standard InChI is InChI=1S/C42H47N5/c1-3-4-5-11-29(2)39-27-36(28-40(47-39)38-15-8-9-22-45-38)32-18-16-30(17-19-32)24-31(25-34-12-6-7-14-37(34)43)26-35-21-20-33-13-10-23-46-42(33)41(35)44/h3-9,11-12,14-21,26-29,40,45-47H,10,13,22-25,43-44H2,1-2H3/b4-3-,11-5-,31-26-. The summed E-state index contributed by atoms with van der Waals surface area (Å²) in [5.41, 5.74) is 26.7. The van der Waals surface area contributed by atoms with Crippen molar-refractivity contribution in [3.8, 4) is 0 Å². The van der Waals surface area contributed by atoms with Crippen LogP contribution in [0.3, 0.4) is 0 Å². The Morgan fingerprint density at radius 3 is 2.62 bits per heavy atom. The highest BCUT2D eigenvalue weighted by molar-refractivity contribution is 5.81. The van der Waals surface area contributed by atoms with E-state index in [1.807, 2.05) is 19.1 Å². The second kappa shape index (κ2) is 15.0. The van der Waals surface area contributed by atoms with Crippen molar-refractivity contribution in [3.63, 3.8) is 0 Å². The van der Waals surface area contributed by atoms with Crippen LogP contribution in [0.25, 0.3) is 11.6 Å². The van der Waals surface area contributed by atoms with E-state index in [-0.39, 0.29) is 12.0 Å². The van der Waals surface area contributed by atoms with E-state index < -0.39 is 0 Å². The predicted octanol–water partition coefficient (Wildman–Crippen LogP) is 8.13. The van der Waals surface area contributed by atoms with E-state index in [2.05, 4.69) is 132 Å². The Balaban J connectivity index is 1.29. The number of hydrogen-bond donors (Lipinski definition) is 5. The van der Waals surface area contributed by atoms with Gasteiger partial charge in [-0.15, -0.1) is 0 Å². The van der Waals surface area contributed by atoms with Crippen molar-refractivity contribution in [3.05, 3.63) is 160 Å². The third kappa shape index (κ3) is 7.81. The number of rotatable bonds is 10. The Hall–Kier alpha value is -5.16. The van der Waals surface area contributed by atoms with Gasteiger partial charge >= 0.3 is 0 Å². The van der Waals surface area contributed by atoms with E-state index in [4.69, 9.17) is 11.5 Å². The highest BCUT2D eigenvalue weighted by Gasteiger charge is 2.21. The van der Waals surface area contributed by atoms with Gasteiger partial charge in [0.1, 0.15) is 0 Å². The highest BCUT2D eigenvalue weighted by atomic mass is 15.0. The number of hydrogen-bond acceptors (Lipinski definition) is 5. The van der Waals surface area contributed by atoms with Crippen molar-refractivity contribution in [2.24, 2.45) is 5.92 Å². The zero-order valence-electron chi connectivity index (χ0n) is 27.6. The van der Waals surface area contributed by atoms with E-state index in [1.54, 1.807) is 0 Å². The van der Waals surface area contributed by atoms with Gasteiger partial charge in [0.15, 0.2) is 0 Å². The number of para-hydroxylation sites is 1. The lowest BCUT2D eigenvalue weighted by Crippen LogP contribution is -2.38. The molecule has 7 N–H and O–H groups in total. The molecule has 0 aromatic heterocycles. The summed E-state index contributed by atoms with van der Waals surface area (Å²) in [6.45, 7) is 6.09. The largest absolute Gasteiger partial charge is 0.398 e. The first-order valence-corrected chi connectivity index (χ1v) is 16.9. The Labute approximate surface area is 280 Å².